The Morgan fingerprint density at radius 3 is 2.59 bits per heavy atom. The monoisotopic (exact) mass is 407 g/mol. The molecular weight excluding hydrogens is 392 g/mol. The molecule has 0 aliphatic carbocycles. The van der Waals surface area contributed by atoms with E-state index >= 15 is 0 Å². The Morgan fingerprint density at radius 2 is 1.91 bits per heavy atom. The second-order valence-electron chi connectivity index (χ2n) is 5.34. The van der Waals surface area contributed by atoms with E-state index in [-0.39, 0.29) is 18.0 Å². The normalized spacial score (nSPS) is 19.7. The molecule has 1 aliphatic rings. The van der Waals surface area contributed by atoms with E-state index < -0.39 is 0 Å². The Kier molecular flexibility index (Phi) is 4.74. The quantitative estimate of drug-likeness (QED) is 0.524. The molecule has 0 amide bonds. The zero-order chi connectivity index (χ0) is 15.5. The summed E-state index contributed by atoms with van der Waals surface area (Å²) in [6.07, 6.45) is 1.83. The third kappa shape index (κ3) is 3.01. The van der Waals surface area contributed by atoms with Crippen LogP contribution < -0.4 is 0 Å². The number of halogens is 2. The van der Waals surface area contributed by atoms with Gasteiger partial charge in [0.15, 0.2) is 0 Å². The predicted molar refractivity (Wildman–Crippen MR) is 91.3 cm³/mol. The number of hydrogen-bond acceptors (Lipinski definition) is 2. The summed E-state index contributed by atoms with van der Waals surface area (Å²) in [5.41, 5.74) is 3.79. The van der Waals surface area contributed by atoms with Crippen molar-refractivity contribution in [3.63, 3.8) is 0 Å². The van der Waals surface area contributed by atoms with Gasteiger partial charge in [0, 0.05) is 0 Å². The van der Waals surface area contributed by atoms with Crippen LogP contribution in [0.5, 0.6) is 0 Å². The Morgan fingerprint density at radius 1 is 1.14 bits per heavy atom. The molecule has 0 N–H and O–H groups in total. The van der Waals surface area contributed by atoms with Crippen molar-refractivity contribution in [3.05, 3.63) is 70.5 Å². The average Bonchev–Trinajstić information content (AvgIpc) is 2.91. The van der Waals surface area contributed by atoms with E-state index in [0.29, 0.717) is 5.56 Å². The van der Waals surface area contributed by atoms with Crippen molar-refractivity contribution in [2.24, 2.45) is 0 Å². The fraction of sp³-hybridized carbons (Fsp3) is 0.278. The summed E-state index contributed by atoms with van der Waals surface area (Å²) in [6, 6.07) is 14.3. The predicted octanol–water partition coefficient (Wildman–Crippen LogP) is 5.07. The van der Waals surface area contributed by atoms with Crippen LogP contribution in [-0.4, -0.2) is 4.43 Å². The lowest BCUT2D eigenvalue weighted by Crippen LogP contribution is -2.01. The van der Waals surface area contributed by atoms with Crippen LogP contribution >= 0.6 is 22.6 Å². The molecule has 2 nitrogen and oxygen atoms in total. The number of rotatable bonds is 4. The zero-order valence-corrected chi connectivity index (χ0v) is 14.1. The second kappa shape index (κ2) is 6.76. The molecule has 3 rings (SSSR count). The summed E-state index contributed by atoms with van der Waals surface area (Å²) in [6.45, 7) is 0. The van der Waals surface area contributed by atoms with Crippen LogP contribution in [0.15, 0.2) is 42.5 Å². The molecule has 0 saturated heterocycles. The first kappa shape index (κ1) is 15.4. The first-order valence-electron chi connectivity index (χ1n) is 7.23. The summed E-state index contributed by atoms with van der Waals surface area (Å²) < 4.78 is 20.4. The Balaban J connectivity index is 1.98. The molecule has 0 bridgehead atoms. The van der Waals surface area contributed by atoms with Gasteiger partial charge in [0.25, 0.3) is 0 Å². The molecule has 0 saturated carbocycles. The molecule has 4 heteroatoms. The minimum Gasteiger partial charge on any atom is -0.361 e. The van der Waals surface area contributed by atoms with Gasteiger partial charge in [0.05, 0.1) is 17.7 Å². The van der Waals surface area contributed by atoms with Gasteiger partial charge in [-0.25, -0.2) is 4.39 Å². The van der Waals surface area contributed by atoms with Crippen LogP contribution in [0, 0.1) is 17.1 Å². The van der Waals surface area contributed by atoms with Crippen molar-refractivity contribution in [1.29, 1.82) is 5.26 Å². The van der Waals surface area contributed by atoms with E-state index in [1.54, 1.807) is 12.1 Å². The highest BCUT2D eigenvalue weighted by Gasteiger charge is 2.32. The minimum absolute atomic E-state index is 0.00752. The molecule has 2 aromatic carbocycles. The van der Waals surface area contributed by atoms with Crippen LogP contribution in [0.25, 0.3) is 0 Å². The third-order valence-electron chi connectivity index (χ3n) is 3.92. The maximum atomic E-state index is 13.1. The molecule has 112 valence electrons. The zero-order valence-electron chi connectivity index (χ0n) is 11.9. The standard InChI is InChI=1S/C18H15FINO/c19-14-6-4-13(5-7-14)18-15-8-3-12(11-21)10-16(15)17(22-18)2-1-9-20/h3-8,10,17-18H,1-2,9H2. The fourth-order valence-electron chi connectivity index (χ4n) is 2.85. The van der Waals surface area contributed by atoms with Crippen LogP contribution in [0.1, 0.15) is 47.3 Å². The highest BCUT2D eigenvalue weighted by atomic mass is 127. The second-order valence-corrected chi connectivity index (χ2v) is 6.42. The number of benzene rings is 2. The van der Waals surface area contributed by atoms with Crippen LogP contribution in [0.2, 0.25) is 0 Å². The number of hydrogen-bond donors (Lipinski definition) is 0. The van der Waals surface area contributed by atoms with Gasteiger partial charge < -0.3 is 4.74 Å². The van der Waals surface area contributed by atoms with Gasteiger partial charge in [-0.3, -0.25) is 0 Å². The summed E-state index contributed by atoms with van der Waals surface area (Å²) >= 11 is 2.36. The maximum absolute atomic E-state index is 13.1. The smallest absolute Gasteiger partial charge is 0.123 e. The van der Waals surface area contributed by atoms with E-state index in [2.05, 4.69) is 28.7 Å². The van der Waals surface area contributed by atoms with Gasteiger partial charge in [-0.2, -0.15) is 5.26 Å². The molecular formula is C18H15FINO. The van der Waals surface area contributed by atoms with Crippen molar-refractivity contribution in [2.45, 2.75) is 25.0 Å². The molecule has 2 aromatic rings. The molecule has 2 atom stereocenters. The van der Waals surface area contributed by atoms with E-state index in [0.717, 1.165) is 34.0 Å². The van der Waals surface area contributed by atoms with Crippen molar-refractivity contribution in [3.8, 4) is 6.07 Å². The summed E-state index contributed by atoms with van der Waals surface area (Å²) in [4.78, 5) is 0. The van der Waals surface area contributed by atoms with Crippen molar-refractivity contribution >= 4 is 22.6 Å². The number of alkyl halides is 1. The SMILES string of the molecule is N#Cc1ccc2c(c1)C(CCCI)OC2c1ccc(F)cc1. The highest BCUT2D eigenvalue weighted by molar-refractivity contribution is 14.1. The first-order valence-corrected chi connectivity index (χ1v) is 8.76. The Labute approximate surface area is 143 Å². The molecule has 1 heterocycles. The molecule has 0 spiro atoms. The van der Waals surface area contributed by atoms with Gasteiger partial charge in [-0.15, -0.1) is 0 Å². The average molecular weight is 407 g/mol. The van der Waals surface area contributed by atoms with Crippen LogP contribution in [0.3, 0.4) is 0 Å². The molecule has 0 radical (unpaired) electrons. The topological polar surface area (TPSA) is 33.0 Å². The lowest BCUT2D eigenvalue weighted by atomic mass is 9.95. The Bertz CT molecular complexity index is 708. The van der Waals surface area contributed by atoms with Crippen molar-refractivity contribution in [1.82, 2.24) is 0 Å². The molecule has 1 aliphatic heterocycles. The summed E-state index contributed by atoms with van der Waals surface area (Å²) in [7, 11) is 0. The van der Waals surface area contributed by atoms with Gasteiger partial charge in [0.1, 0.15) is 11.9 Å². The summed E-state index contributed by atoms with van der Waals surface area (Å²) in [5.74, 6) is -0.247. The number of nitriles is 1. The van der Waals surface area contributed by atoms with E-state index in [1.165, 1.54) is 12.1 Å². The number of nitrogens with zero attached hydrogens (tertiary/aromatic N) is 1. The molecule has 2 unspecified atom stereocenters. The maximum Gasteiger partial charge on any atom is 0.123 e. The summed E-state index contributed by atoms with van der Waals surface area (Å²) in [5, 5.41) is 9.11. The highest BCUT2D eigenvalue weighted by Crippen LogP contribution is 2.44. The molecule has 22 heavy (non-hydrogen) atoms. The van der Waals surface area contributed by atoms with Crippen LogP contribution in [0.4, 0.5) is 4.39 Å². The third-order valence-corrected chi connectivity index (χ3v) is 4.68. The largest absolute Gasteiger partial charge is 0.361 e. The number of fused-ring (bicyclic) bond motifs is 1. The Hall–Kier alpha value is -1.45. The van der Waals surface area contributed by atoms with Crippen molar-refractivity contribution in [2.75, 3.05) is 4.43 Å². The van der Waals surface area contributed by atoms with Gasteiger partial charge in [0.2, 0.25) is 0 Å². The first-order chi connectivity index (χ1) is 10.7. The van der Waals surface area contributed by atoms with Gasteiger partial charge >= 0.3 is 0 Å². The van der Waals surface area contributed by atoms with Crippen LogP contribution in [-0.2, 0) is 4.74 Å². The van der Waals surface area contributed by atoms with E-state index in [9.17, 15) is 4.39 Å². The lowest BCUT2D eigenvalue weighted by Gasteiger charge is -2.14. The fourth-order valence-corrected chi connectivity index (χ4v) is 3.29. The molecule has 0 fully saturated rings. The van der Waals surface area contributed by atoms with Crippen molar-refractivity contribution < 1.29 is 9.13 Å². The van der Waals surface area contributed by atoms with E-state index in [1.807, 2.05) is 18.2 Å². The number of ether oxygens (including phenoxy) is 1. The van der Waals surface area contributed by atoms with E-state index in [4.69, 9.17) is 10.00 Å². The van der Waals surface area contributed by atoms with Gasteiger partial charge in [-0.05, 0) is 58.2 Å². The van der Waals surface area contributed by atoms with Gasteiger partial charge in [-0.1, -0.05) is 40.8 Å². The minimum atomic E-state index is -0.247. The lowest BCUT2D eigenvalue weighted by molar-refractivity contribution is 0.0284. The molecule has 0 aromatic heterocycles.